The van der Waals surface area contributed by atoms with Gasteiger partial charge in [-0.1, -0.05) is 12.1 Å². The fourth-order valence-corrected chi connectivity index (χ4v) is 1.80. The van der Waals surface area contributed by atoms with Crippen LogP contribution in [0.2, 0.25) is 0 Å². The third-order valence-electron chi connectivity index (χ3n) is 2.53. The number of aliphatic imine (C=N–C) groups is 1. The smallest absolute Gasteiger partial charge is 0.406 e. The van der Waals surface area contributed by atoms with Gasteiger partial charge in [0.15, 0.2) is 5.96 Å². The fourth-order valence-electron chi connectivity index (χ4n) is 1.80. The maximum Gasteiger partial charge on any atom is 0.573 e. The third kappa shape index (κ3) is 3.40. The SMILES string of the molecule is CCN=C1NC(=O)C(c2cccc(OC(F)(F)F)c2)N1. The van der Waals surface area contributed by atoms with Crippen LogP contribution in [0.25, 0.3) is 0 Å². The predicted molar refractivity (Wildman–Crippen MR) is 65.1 cm³/mol. The van der Waals surface area contributed by atoms with Gasteiger partial charge in [0, 0.05) is 6.54 Å². The monoisotopic (exact) mass is 287 g/mol. The molecule has 108 valence electrons. The van der Waals surface area contributed by atoms with Gasteiger partial charge in [-0.25, -0.2) is 0 Å². The molecule has 1 aromatic carbocycles. The lowest BCUT2D eigenvalue weighted by atomic mass is 10.1. The van der Waals surface area contributed by atoms with Crippen molar-refractivity contribution in [1.82, 2.24) is 10.6 Å². The van der Waals surface area contributed by atoms with E-state index in [4.69, 9.17) is 0 Å². The molecule has 1 aliphatic heterocycles. The van der Waals surface area contributed by atoms with E-state index in [1.165, 1.54) is 24.3 Å². The summed E-state index contributed by atoms with van der Waals surface area (Å²) in [6, 6.07) is 4.48. The molecule has 2 rings (SSSR count). The first-order valence-corrected chi connectivity index (χ1v) is 5.86. The van der Waals surface area contributed by atoms with Crippen LogP contribution in [0.4, 0.5) is 13.2 Å². The molecular weight excluding hydrogens is 275 g/mol. The summed E-state index contributed by atoms with van der Waals surface area (Å²) in [6.45, 7) is 2.28. The lowest BCUT2D eigenvalue weighted by Gasteiger charge is -2.12. The Hall–Kier alpha value is -2.25. The fraction of sp³-hybridized carbons (Fsp3) is 0.333. The molecule has 1 heterocycles. The van der Waals surface area contributed by atoms with Gasteiger partial charge in [-0.2, -0.15) is 0 Å². The Morgan fingerprint density at radius 1 is 1.40 bits per heavy atom. The van der Waals surface area contributed by atoms with Crippen molar-refractivity contribution in [3.05, 3.63) is 29.8 Å². The second kappa shape index (κ2) is 5.40. The molecule has 5 nitrogen and oxygen atoms in total. The van der Waals surface area contributed by atoms with Gasteiger partial charge in [-0.15, -0.1) is 13.2 Å². The minimum absolute atomic E-state index is 0.310. The van der Waals surface area contributed by atoms with Gasteiger partial charge in [-0.3, -0.25) is 15.1 Å². The summed E-state index contributed by atoms with van der Waals surface area (Å²) in [5.41, 5.74) is 0.366. The van der Waals surface area contributed by atoms with Crippen LogP contribution in [0.5, 0.6) is 5.75 Å². The van der Waals surface area contributed by atoms with E-state index in [9.17, 15) is 18.0 Å². The number of rotatable bonds is 3. The molecule has 0 bridgehead atoms. The second-order valence-corrected chi connectivity index (χ2v) is 4.01. The molecule has 1 aromatic rings. The van der Waals surface area contributed by atoms with Crippen LogP contribution in [-0.4, -0.2) is 24.8 Å². The van der Waals surface area contributed by atoms with Crippen LogP contribution < -0.4 is 15.4 Å². The van der Waals surface area contributed by atoms with Gasteiger partial charge in [0.05, 0.1) is 0 Å². The summed E-state index contributed by atoms with van der Waals surface area (Å²) in [5, 5.41) is 5.31. The molecular formula is C12H12F3N3O2. The molecule has 1 amide bonds. The zero-order valence-corrected chi connectivity index (χ0v) is 10.5. The number of ether oxygens (including phenoxy) is 1. The molecule has 0 spiro atoms. The van der Waals surface area contributed by atoms with Crippen molar-refractivity contribution in [2.45, 2.75) is 19.3 Å². The highest BCUT2D eigenvalue weighted by Crippen LogP contribution is 2.26. The van der Waals surface area contributed by atoms with Crippen molar-refractivity contribution >= 4 is 11.9 Å². The van der Waals surface area contributed by atoms with Crippen LogP contribution in [-0.2, 0) is 4.79 Å². The zero-order valence-electron chi connectivity index (χ0n) is 10.5. The Balaban J connectivity index is 2.19. The van der Waals surface area contributed by atoms with E-state index in [1.807, 2.05) is 0 Å². The molecule has 1 atom stereocenters. The number of halogens is 3. The minimum Gasteiger partial charge on any atom is -0.406 e. The van der Waals surface area contributed by atoms with E-state index in [1.54, 1.807) is 6.92 Å². The highest BCUT2D eigenvalue weighted by atomic mass is 19.4. The Labute approximate surface area is 112 Å². The topological polar surface area (TPSA) is 62.7 Å². The highest BCUT2D eigenvalue weighted by molar-refractivity contribution is 6.06. The number of guanidine groups is 1. The van der Waals surface area contributed by atoms with Crippen molar-refractivity contribution in [3.63, 3.8) is 0 Å². The van der Waals surface area contributed by atoms with Crippen LogP contribution in [0, 0.1) is 0 Å². The van der Waals surface area contributed by atoms with Crippen LogP contribution in [0.3, 0.4) is 0 Å². The number of carbonyl (C=O) groups excluding carboxylic acids is 1. The van der Waals surface area contributed by atoms with Crippen molar-refractivity contribution in [2.75, 3.05) is 6.54 Å². The van der Waals surface area contributed by atoms with E-state index >= 15 is 0 Å². The van der Waals surface area contributed by atoms with Gasteiger partial charge in [-0.05, 0) is 24.6 Å². The number of benzene rings is 1. The molecule has 1 saturated heterocycles. The molecule has 1 unspecified atom stereocenters. The number of nitrogens with zero attached hydrogens (tertiary/aromatic N) is 1. The Morgan fingerprint density at radius 2 is 2.15 bits per heavy atom. The minimum atomic E-state index is -4.77. The first-order chi connectivity index (χ1) is 9.39. The van der Waals surface area contributed by atoms with Gasteiger partial charge >= 0.3 is 6.36 Å². The predicted octanol–water partition coefficient (Wildman–Crippen LogP) is 1.72. The lowest BCUT2D eigenvalue weighted by molar-refractivity contribution is -0.274. The number of nitrogens with one attached hydrogen (secondary N) is 2. The first-order valence-electron chi connectivity index (χ1n) is 5.86. The average Bonchev–Trinajstić information content (AvgIpc) is 2.69. The first kappa shape index (κ1) is 14.2. The standard InChI is InChI=1S/C12H12F3N3O2/c1-2-16-11-17-9(10(19)18-11)7-4-3-5-8(6-7)20-12(13,14)15/h3-6,9H,2H2,1H3,(H2,16,17,18,19). The van der Waals surface area contributed by atoms with E-state index in [2.05, 4.69) is 20.4 Å². The van der Waals surface area contributed by atoms with E-state index in [0.29, 0.717) is 18.1 Å². The van der Waals surface area contributed by atoms with Crippen LogP contribution in [0.15, 0.2) is 29.3 Å². The lowest BCUT2D eigenvalue weighted by Crippen LogP contribution is -2.25. The van der Waals surface area contributed by atoms with Crippen LogP contribution in [0.1, 0.15) is 18.5 Å². The number of amides is 1. The van der Waals surface area contributed by atoms with Gasteiger partial charge in [0.2, 0.25) is 0 Å². The quantitative estimate of drug-likeness (QED) is 0.890. The number of hydrogen-bond acceptors (Lipinski definition) is 3. The van der Waals surface area contributed by atoms with Crippen molar-refractivity contribution < 1.29 is 22.7 Å². The van der Waals surface area contributed by atoms with E-state index in [0.717, 1.165) is 0 Å². The summed E-state index contributed by atoms with van der Waals surface area (Å²) < 4.78 is 40.3. The molecule has 0 saturated carbocycles. The van der Waals surface area contributed by atoms with Crippen molar-refractivity contribution in [1.29, 1.82) is 0 Å². The largest absolute Gasteiger partial charge is 0.573 e. The molecule has 1 aliphatic rings. The summed E-state index contributed by atoms with van der Waals surface area (Å²) in [6.07, 6.45) is -4.77. The Morgan fingerprint density at radius 3 is 2.80 bits per heavy atom. The third-order valence-corrected chi connectivity index (χ3v) is 2.53. The normalized spacial score (nSPS) is 20.7. The molecule has 0 radical (unpaired) electrons. The van der Waals surface area contributed by atoms with E-state index < -0.39 is 12.4 Å². The van der Waals surface area contributed by atoms with Crippen molar-refractivity contribution in [2.24, 2.45) is 4.99 Å². The molecule has 20 heavy (non-hydrogen) atoms. The Bertz CT molecular complexity index is 543. The molecule has 2 N–H and O–H groups in total. The molecule has 0 aromatic heterocycles. The zero-order chi connectivity index (χ0) is 14.8. The van der Waals surface area contributed by atoms with Gasteiger partial charge in [0.25, 0.3) is 5.91 Å². The van der Waals surface area contributed by atoms with Gasteiger partial charge < -0.3 is 10.1 Å². The molecule has 0 aliphatic carbocycles. The second-order valence-electron chi connectivity index (χ2n) is 4.01. The summed E-state index contributed by atoms with van der Waals surface area (Å²) in [5.74, 6) is -0.434. The maximum atomic E-state index is 12.2. The number of alkyl halides is 3. The van der Waals surface area contributed by atoms with Gasteiger partial charge in [0.1, 0.15) is 11.8 Å². The van der Waals surface area contributed by atoms with Crippen molar-refractivity contribution in [3.8, 4) is 5.75 Å². The maximum absolute atomic E-state index is 12.2. The summed E-state index contributed by atoms with van der Waals surface area (Å²) in [4.78, 5) is 15.7. The molecule has 8 heteroatoms. The Kier molecular flexibility index (Phi) is 3.82. The van der Waals surface area contributed by atoms with Crippen LogP contribution >= 0.6 is 0 Å². The number of hydrogen-bond donors (Lipinski definition) is 2. The summed E-state index contributed by atoms with van der Waals surface area (Å²) >= 11 is 0. The molecule has 1 fully saturated rings. The van der Waals surface area contributed by atoms with E-state index in [-0.39, 0.29) is 11.7 Å². The number of carbonyl (C=O) groups is 1. The summed E-state index contributed by atoms with van der Waals surface area (Å²) in [7, 11) is 0. The highest BCUT2D eigenvalue weighted by Gasteiger charge is 2.33. The average molecular weight is 287 g/mol.